The van der Waals surface area contributed by atoms with E-state index in [2.05, 4.69) is 15.2 Å². The first-order valence-corrected chi connectivity index (χ1v) is 10.9. The Hall–Kier alpha value is -3.84. The van der Waals surface area contributed by atoms with Crippen molar-refractivity contribution in [3.05, 3.63) is 70.5 Å². The Labute approximate surface area is 187 Å². The van der Waals surface area contributed by atoms with Gasteiger partial charge in [-0.1, -0.05) is 36.0 Å². The molecule has 32 heavy (non-hydrogen) atoms. The molecule has 1 unspecified atom stereocenters. The van der Waals surface area contributed by atoms with Gasteiger partial charge in [-0.3, -0.25) is 9.36 Å². The molecular weight excluding hydrogens is 428 g/mol. The van der Waals surface area contributed by atoms with E-state index in [1.54, 1.807) is 18.2 Å². The molecule has 0 radical (unpaired) electrons. The van der Waals surface area contributed by atoms with Crippen LogP contribution in [0.5, 0.6) is 11.5 Å². The van der Waals surface area contributed by atoms with Crippen molar-refractivity contribution in [3.63, 3.8) is 0 Å². The highest BCUT2D eigenvalue weighted by Crippen LogP contribution is 2.36. The predicted octanol–water partition coefficient (Wildman–Crippen LogP) is 2.85. The minimum atomic E-state index is -0.382. The van der Waals surface area contributed by atoms with Crippen molar-refractivity contribution in [2.24, 2.45) is 7.05 Å². The molecule has 2 aromatic heterocycles. The summed E-state index contributed by atoms with van der Waals surface area (Å²) < 4.78 is 15.1. The highest BCUT2D eigenvalue weighted by molar-refractivity contribution is 7.98. The Bertz CT molecular complexity index is 1410. The van der Waals surface area contributed by atoms with Crippen LogP contribution in [0.2, 0.25) is 0 Å². The van der Waals surface area contributed by atoms with Crippen LogP contribution in [0.25, 0.3) is 10.9 Å². The summed E-state index contributed by atoms with van der Waals surface area (Å²) in [6, 6.07) is 16.7. The molecular formula is C22H18N6O3S. The highest BCUT2D eigenvalue weighted by atomic mass is 32.2. The summed E-state index contributed by atoms with van der Waals surface area (Å²) in [6.45, 7) is 0.269. The number of aromatic nitrogens is 5. The second-order valence-corrected chi connectivity index (χ2v) is 8.09. The van der Waals surface area contributed by atoms with Crippen molar-refractivity contribution < 1.29 is 9.47 Å². The Morgan fingerprint density at radius 2 is 1.94 bits per heavy atom. The smallest absolute Gasteiger partial charge is 0.262 e. The van der Waals surface area contributed by atoms with Crippen molar-refractivity contribution in [2.45, 2.75) is 23.6 Å². The third-order valence-electron chi connectivity index (χ3n) is 5.17. The first-order chi connectivity index (χ1) is 15.7. The van der Waals surface area contributed by atoms with Gasteiger partial charge in [0.15, 0.2) is 28.6 Å². The molecule has 0 spiro atoms. The van der Waals surface area contributed by atoms with E-state index < -0.39 is 0 Å². The van der Waals surface area contributed by atoms with Gasteiger partial charge in [-0.15, -0.1) is 10.2 Å². The summed E-state index contributed by atoms with van der Waals surface area (Å²) >= 11 is 1.39. The lowest BCUT2D eigenvalue weighted by molar-refractivity contribution is 0.0825. The fourth-order valence-corrected chi connectivity index (χ4v) is 4.43. The second kappa shape index (κ2) is 8.36. The Morgan fingerprint density at radius 1 is 1.16 bits per heavy atom. The molecule has 0 saturated carbocycles. The first kappa shape index (κ1) is 20.1. The van der Waals surface area contributed by atoms with Crippen molar-refractivity contribution in [3.8, 4) is 17.6 Å². The monoisotopic (exact) mass is 446 g/mol. The predicted molar refractivity (Wildman–Crippen MR) is 117 cm³/mol. The van der Waals surface area contributed by atoms with Crippen LogP contribution in [0.4, 0.5) is 0 Å². The van der Waals surface area contributed by atoms with Crippen molar-refractivity contribution in [1.82, 2.24) is 24.3 Å². The number of benzene rings is 2. The first-order valence-electron chi connectivity index (χ1n) is 9.91. The fraction of sp³-hybridized carbons (Fsp3) is 0.227. The van der Waals surface area contributed by atoms with E-state index in [9.17, 15) is 10.1 Å². The lowest BCUT2D eigenvalue weighted by atomic mass is 10.2. The van der Waals surface area contributed by atoms with Gasteiger partial charge < -0.3 is 14.0 Å². The van der Waals surface area contributed by atoms with Gasteiger partial charge >= 0.3 is 0 Å². The largest absolute Gasteiger partial charge is 0.485 e. The third kappa shape index (κ3) is 3.56. The van der Waals surface area contributed by atoms with Gasteiger partial charge in [0.2, 0.25) is 0 Å². The topological polar surface area (TPSA) is 108 Å². The standard InChI is InChI=1S/C22H18N6O3S/c1-27-20(18-12-30-16-8-4-5-9-17(16)31-18)25-26-22(27)32-13-19-24-15-7-3-2-6-14(15)21(29)28(19)11-10-23/h2-9,18H,11-13H2,1H3. The number of ether oxygens (including phenoxy) is 2. The fourth-order valence-electron chi connectivity index (χ4n) is 3.57. The van der Waals surface area contributed by atoms with Crippen LogP contribution in [0.3, 0.4) is 0 Å². The van der Waals surface area contributed by atoms with E-state index in [0.29, 0.717) is 51.6 Å². The molecule has 0 amide bonds. The van der Waals surface area contributed by atoms with Gasteiger partial charge in [0, 0.05) is 7.05 Å². The van der Waals surface area contributed by atoms with E-state index in [0.717, 1.165) is 0 Å². The van der Waals surface area contributed by atoms with Crippen LogP contribution in [-0.4, -0.2) is 30.9 Å². The van der Waals surface area contributed by atoms with Crippen LogP contribution >= 0.6 is 11.8 Å². The van der Waals surface area contributed by atoms with Gasteiger partial charge in [0.25, 0.3) is 5.56 Å². The zero-order valence-corrected chi connectivity index (χ0v) is 18.0. The Morgan fingerprint density at radius 3 is 2.78 bits per heavy atom. The molecule has 0 bridgehead atoms. The maximum atomic E-state index is 12.8. The van der Waals surface area contributed by atoms with E-state index in [1.807, 2.05) is 48.0 Å². The molecule has 4 aromatic rings. The lowest BCUT2D eigenvalue weighted by Gasteiger charge is -2.25. The summed E-state index contributed by atoms with van der Waals surface area (Å²) in [4.78, 5) is 17.4. The summed E-state index contributed by atoms with van der Waals surface area (Å²) in [7, 11) is 1.86. The van der Waals surface area contributed by atoms with Crippen LogP contribution < -0.4 is 15.0 Å². The number of nitriles is 1. The van der Waals surface area contributed by atoms with Gasteiger partial charge in [-0.25, -0.2) is 4.98 Å². The van der Waals surface area contributed by atoms with Gasteiger partial charge in [0.05, 0.1) is 22.7 Å². The third-order valence-corrected chi connectivity index (χ3v) is 6.18. The van der Waals surface area contributed by atoms with E-state index in [1.165, 1.54) is 16.3 Å². The molecule has 0 aliphatic carbocycles. The van der Waals surface area contributed by atoms with Gasteiger partial charge in [-0.05, 0) is 24.3 Å². The zero-order valence-electron chi connectivity index (χ0n) is 17.1. The van der Waals surface area contributed by atoms with Crippen molar-refractivity contribution >= 4 is 22.7 Å². The number of thioether (sulfide) groups is 1. The van der Waals surface area contributed by atoms with E-state index in [-0.39, 0.29) is 18.2 Å². The minimum absolute atomic E-state index is 0.0662. The number of rotatable bonds is 5. The molecule has 1 atom stereocenters. The Kier molecular flexibility index (Phi) is 5.25. The van der Waals surface area contributed by atoms with Crippen LogP contribution in [-0.2, 0) is 19.3 Å². The molecule has 0 N–H and O–H groups in total. The molecule has 0 fully saturated rings. The molecule has 10 heteroatoms. The SMILES string of the molecule is Cn1c(SCc2nc3ccccc3c(=O)n2CC#N)nnc1C1COc2ccccc2O1. The molecule has 3 heterocycles. The van der Waals surface area contributed by atoms with Gasteiger partial charge in [-0.2, -0.15) is 5.26 Å². The maximum absolute atomic E-state index is 12.8. The highest BCUT2D eigenvalue weighted by Gasteiger charge is 2.27. The number of hydrogen-bond donors (Lipinski definition) is 0. The number of hydrogen-bond acceptors (Lipinski definition) is 8. The van der Waals surface area contributed by atoms with Crippen molar-refractivity contribution in [1.29, 1.82) is 5.26 Å². The second-order valence-electron chi connectivity index (χ2n) is 7.15. The van der Waals surface area contributed by atoms with E-state index >= 15 is 0 Å². The van der Waals surface area contributed by atoms with Crippen molar-refractivity contribution in [2.75, 3.05) is 6.61 Å². The molecule has 160 valence electrons. The van der Waals surface area contributed by atoms with Crippen LogP contribution in [0.15, 0.2) is 58.5 Å². The number of para-hydroxylation sites is 3. The molecule has 9 nitrogen and oxygen atoms in total. The maximum Gasteiger partial charge on any atom is 0.262 e. The molecule has 1 aliphatic rings. The van der Waals surface area contributed by atoms with Crippen LogP contribution in [0.1, 0.15) is 17.8 Å². The molecule has 2 aromatic carbocycles. The summed E-state index contributed by atoms with van der Waals surface area (Å²) in [5.41, 5.74) is 0.380. The molecule has 5 rings (SSSR count). The summed E-state index contributed by atoms with van der Waals surface area (Å²) in [6.07, 6.45) is -0.382. The quantitative estimate of drug-likeness (QED) is 0.431. The average Bonchev–Trinajstić information content (AvgIpc) is 3.19. The summed E-state index contributed by atoms with van der Waals surface area (Å²) in [5, 5.41) is 18.9. The normalized spacial score (nSPS) is 14.9. The Balaban J connectivity index is 1.39. The van der Waals surface area contributed by atoms with Crippen LogP contribution in [0, 0.1) is 11.3 Å². The summed E-state index contributed by atoms with van der Waals surface area (Å²) in [5.74, 6) is 2.89. The number of fused-ring (bicyclic) bond motifs is 2. The lowest BCUT2D eigenvalue weighted by Crippen LogP contribution is -2.25. The van der Waals surface area contributed by atoms with E-state index in [4.69, 9.17) is 9.47 Å². The average molecular weight is 446 g/mol. The van der Waals surface area contributed by atoms with Gasteiger partial charge in [0.1, 0.15) is 19.0 Å². The molecule has 1 aliphatic heterocycles. The minimum Gasteiger partial charge on any atom is -0.485 e. The number of nitrogens with zero attached hydrogens (tertiary/aromatic N) is 6. The zero-order chi connectivity index (χ0) is 22.1. The molecule has 0 saturated heterocycles.